The van der Waals surface area contributed by atoms with Crippen molar-refractivity contribution in [2.24, 2.45) is 5.92 Å². The Balaban J connectivity index is 1.31. The van der Waals surface area contributed by atoms with Gasteiger partial charge in [-0.3, -0.25) is 9.59 Å². The van der Waals surface area contributed by atoms with Gasteiger partial charge in [-0.25, -0.2) is 0 Å². The molecule has 0 bridgehead atoms. The second kappa shape index (κ2) is 10.1. The zero-order valence-corrected chi connectivity index (χ0v) is 19.6. The van der Waals surface area contributed by atoms with E-state index in [1.54, 1.807) is 0 Å². The van der Waals surface area contributed by atoms with Crippen LogP contribution in [0.5, 0.6) is 0 Å². The number of rotatable bonds is 5. The monoisotopic (exact) mass is 444 g/mol. The standard InChI is InChI=1S/C29H36N2O2/c32-28(31-18-8-15-27(31)29(33)30-20-21-9-2-1-3-10-21)19-26-24-13-6-4-11-22(24)16-17-23-12-5-7-14-25(23)26/h4-7,11-14,21,26-27H,1-3,8-10,15-20H2,(H,30,33). The van der Waals surface area contributed by atoms with E-state index in [2.05, 4.69) is 53.8 Å². The average Bonchev–Trinajstić information content (AvgIpc) is 3.30. The third-order valence-corrected chi connectivity index (χ3v) is 8.07. The summed E-state index contributed by atoms with van der Waals surface area (Å²) >= 11 is 0. The molecule has 2 aromatic rings. The van der Waals surface area contributed by atoms with Crippen molar-refractivity contribution in [2.45, 2.75) is 76.2 Å². The first kappa shape index (κ1) is 22.2. The topological polar surface area (TPSA) is 49.4 Å². The van der Waals surface area contributed by atoms with Gasteiger partial charge in [0.1, 0.15) is 6.04 Å². The average molecular weight is 445 g/mol. The summed E-state index contributed by atoms with van der Waals surface area (Å²) in [6.45, 7) is 1.46. The number of aryl methyl sites for hydroxylation is 2. The highest BCUT2D eigenvalue weighted by molar-refractivity contribution is 5.88. The van der Waals surface area contributed by atoms with Gasteiger partial charge in [0.2, 0.25) is 11.8 Å². The van der Waals surface area contributed by atoms with E-state index in [1.807, 2.05) is 4.90 Å². The fourth-order valence-corrected chi connectivity index (χ4v) is 6.24. The van der Waals surface area contributed by atoms with Gasteiger partial charge >= 0.3 is 0 Å². The molecular formula is C29H36N2O2. The summed E-state index contributed by atoms with van der Waals surface area (Å²) in [5.41, 5.74) is 5.23. The van der Waals surface area contributed by atoms with Crippen LogP contribution < -0.4 is 5.32 Å². The molecule has 5 rings (SSSR count). The Morgan fingerprint density at radius 2 is 1.45 bits per heavy atom. The highest BCUT2D eigenvalue weighted by Crippen LogP contribution is 2.37. The summed E-state index contributed by atoms with van der Waals surface area (Å²) in [4.78, 5) is 28.5. The van der Waals surface area contributed by atoms with Crippen LogP contribution in [0.15, 0.2) is 48.5 Å². The van der Waals surface area contributed by atoms with E-state index in [4.69, 9.17) is 0 Å². The molecule has 1 unspecified atom stereocenters. The third-order valence-electron chi connectivity index (χ3n) is 8.07. The van der Waals surface area contributed by atoms with Crippen LogP contribution in [0.25, 0.3) is 0 Å². The van der Waals surface area contributed by atoms with Crippen LogP contribution in [-0.2, 0) is 22.4 Å². The Morgan fingerprint density at radius 3 is 2.12 bits per heavy atom. The lowest BCUT2D eigenvalue weighted by Crippen LogP contribution is -2.47. The van der Waals surface area contributed by atoms with Gasteiger partial charge in [-0.05, 0) is 66.7 Å². The number of hydrogen-bond donors (Lipinski definition) is 1. The van der Waals surface area contributed by atoms with Gasteiger partial charge in [-0.15, -0.1) is 0 Å². The second-order valence-corrected chi connectivity index (χ2v) is 10.1. The highest BCUT2D eigenvalue weighted by Gasteiger charge is 2.36. The van der Waals surface area contributed by atoms with Gasteiger partial charge in [-0.1, -0.05) is 67.8 Å². The maximum absolute atomic E-state index is 13.6. The van der Waals surface area contributed by atoms with E-state index < -0.39 is 0 Å². The minimum atomic E-state index is -0.308. The Hall–Kier alpha value is -2.62. The van der Waals surface area contributed by atoms with Crippen molar-refractivity contribution in [3.63, 3.8) is 0 Å². The first-order chi connectivity index (χ1) is 16.2. The van der Waals surface area contributed by atoms with E-state index in [9.17, 15) is 9.59 Å². The molecule has 4 heteroatoms. The minimum Gasteiger partial charge on any atom is -0.354 e. The molecule has 1 atom stereocenters. The summed E-state index contributed by atoms with van der Waals surface area (Å²) in [5.74, 6) is 0.820. The van der Waals surface area contributed by atoms with Gasteiger partial charge < -0.3 is 10.2 Å². The predicted molar refractivity (Wildman–Crippen MR) is 131 cm³/mol. The van der Waals surface area contributed by atoms with Crippen molar-refractivity contribution < 1.29 is 9.59 Å². The summed E-state index contributed by atoms with van der Waals surface area (Å²) in [7, 11) is 0. The van der Waals surface area contributed by atoms with Gasteiger partial charge in [0.05, 0.1) is 0 Å². The van der Waals surface area contributed by atoms with Crippen LogP contribution in [-0.4, -0.2) is 35.8 Å². The maximum atomic E-state index is 13.6. The molecule has 1 heterocycles. The number of fused-ring (bicyclic) bond motifs is 2. The van der Waals surface area contributed by atoms with Crippen molar-refractivity contribution >= 4 is 11.8 Å². The lowest BCUT2D eigenvalue weighted by molar-refractivity contribution is -0.138. The smallest absolute Gasteiger partial charge is 0.242 e. The van der Waals surface area contributed by atoms with Crippen LogP contribution in [0.2, 0.25) is 0 Å². The molecule has 1 saturated heterocycles. The summed E-state index contributed by atoms with van der Waals surface area (Å²) in [6, 6.07) is 16.8. The molecule has 3 aliphatic rings. The van der Waals surface area contributed by atoms with Crippen LogP contribution in [0.3, 0.4) is 0 Å². The Bertz CT molecular complexity index is 947. The first-order valence-corrected chi connectivity index (χ1v) is 12.9. The summed E-state index contributed by atoms with van der Waals surface area (Å²) in [5, 5.41) is 3.19. The van der Waals surface area contributed by atoms with Crippen LogP contribution in [0, 0.1) is 5.92 Å². The Morgan fingerprint density at radius 1 is 0.818 bits per heavy atom. The molecule has 4 nitrogen and oxygen atoms in total. The molecule has 2 amide bonds. The second-order valence-electron chi connectivity index (χ2n) is 10.1. The normalized spacial score (nSPS) is 21.2. The SMILES string of the molecule is O=C(NCC1CCCCC1)C1CCCN1C(=O)CC1c2ccccc2CCc2ccccc21. The minimum absolute atomic E-state index is 0.0492. The molecule has 2 aliphatic carbocycles. The van der Waals surface area contributed by atoms with E-state index in [1.165, 1.54) is 54.4 Å². The zero-order valence-electron chi connectivity index (χ0n) is 19.6. The molecule has 2 aromatic carbocycles. The van der Waals surface area contributed by atoms with Gasteiger partial charge in [0.25, 0.3) is 0 Å². The number of amides is 2. The molecule has 0 spiro atoms. The van der Waals surface area contributed by atoms with Crippen molar-refractivity contribution in [1.29, 1.82) is 0 Å². The van der Waals surface area contributed by atoms with Gasteiger partial charge in [-0.2, -0.15) is 0 Å². The number of benzene rings is 2. The molecule has 33 heavy (non-hydrogen) atoms. The van der Waals surface area contributed by atoms with E-state index in [0.29, 0.717) is 18.9 Å². The molecule has 1 saturated carbocycles. The Kier molecular flexibility index (Phi) is 6.80. The first-order valence-electron chi connectivity index (χ1n) is 12.9. The number of hydrogen-bond acceptors (Lipinski definition) is 2. The number of carbonyl (C=O) groups is 2. The van der Waals surface area contributed by atoms with E-state index >= 15 is 0 Å². The van der Waals surface area contributed by atoms with Crippen molar-refractivity contribution in [1.82, 2.24) is 10.2 Å². The number of likely N-dealkylation sites (tertiary alicyclic amines) is 1. The lowest BCUT2D eigenvalue weighted by atomic mass is 9.85. The van der Waals surface area contributed by atoms with Gasteiger partial charge in [0, 0.05) is 25.4 Å². The number of nitrogens with one attached hydrogen (secondary N) is 1. The molecule has 2 fully saturated rings. The fraction of sp³-hybridized carbons (Fsp3) is 0.517. The molecule has 174 valence electrons. The van der Waals surface area contributed by atoms with Crippen molar-refractivity contribution in [3.8, 4) is 0 Å². The lowest BCUT2D eigenvalue weighted by Gasteiger charge is -2.28. The van der Waals surface area contributed by atoms with Crippen molar-refractivity contribution in [2.75, 3.05) is 13.1 Å². The summed E-state index contributed by atoms with van der Waals surface area (Å²) in [6.07, 6.45) is 10.4. The fourth-order valence-electron chi connectivity index (χ4n) is 6.24. The Labute approximate surface area is 197 Å². The summed E-state index contributed by atoms with van der Waals surface area (Å²) < 4.78 is 0. The molecular weight excluding hydrogens is 408 g/mol. The highest BCUT2D eigenvalue weighted by atomic mass is 16.2. The zero-order chi connectivity index (χ0) is 22.6. The maximum Gasteiger partial charge on any atom is 0.242 e. The van der Waals surface area contributed by atoms with Crippen LogP contribution >= 0.6 is 0 Å². The van der Waals surface area contributed by atoms with Gasteiger partial charge in [0.15, 0.2) is 0 Å². The largest absolute Gasteiger partial charge is 0.354 e. The van der Waals surface area contributed by atoms with Crippen LogP contribution in [0.1, 0.15) is 79.5 Å². The quantitative estimate of drug-likeness (QED) is 0.706. The molecule has 0 aromatic heterocycles. The van der Waals surface area contributed by atoms with Crippen molar-refractivity contribution in [3.05, 3.63) is 70.8 Å². The number of carbonyl (C=O) groups excluding carboxylic acids is 2. The van der Waals surface area contributed by atoms with E-state index in [-0.39, 0.29) is 23.8 Å². The third kappa shape index (κ3) is 4.85. The molecule has 0 radical (unpaired) electrons. The molecule has 1 N–H and O–H groups in total. The number of nitrogens with zero attached hydrogens (tertiary/aromatic N) is 1. The van der Waals surface area contributed by atoms with E-state index in [0.717, 1.165) is 32.2 Å². The van der Waals surface area contributed by atoms with Crippen LogP contribution in [0.4, 0.5) is 0 Å². The molecule has 1 aliphatic heterocycles. The predicted octanol–water partition coefficient (Wildman–Crippen LogP) is 4.99.